The van der Waals surface area contributed by atoms with Crippen LogP contribution in [0.1, 0.15) is 28.3 Å². The molecule has 0 radical (unpaired) electrons. The predicted octanol–water partition coefficient (Wildman–Crippen LogP) is 2.83. The minimum atomic E-state index is -0.134. The molecule has 3 rings (SSSR count). The van der Waals surface area contributed by atoms with Crippen molar-refractivity contribution < 1.29 is 4.79 Å². The third kappa shape index (κ3) is 3.24. The molecular formula is C16H15N5OS. The van der Waals surface area contributed by atoms with Gasteiger partial charge >= 0.3 is 0 Å². The van der Waals surface area contributed by atoms with Gasteiger partial charge in [-0.2, -0.15) is 0 Å². The minimum absolute atomic E-state index is 0.0968. The Hall–Kier alpha value is -2.67. The molecule has 0 saturated heterocycles. The van der Waals surface area contributed by atoms with E-state index in [2.05, 4.69) is 19.9 Å². The number of thiazole rings is 1. The molecule has 23 heavy (non-hydrogen) atoms. The first kappa shape index (κ1) is 15.2. The van der Waals surface area contributed by atoms with E-state index in [4.69, 9.17) is 0 Å². The van der Waals surface area contributed by atoms with Crippen molar-refractivity contribution in [3.63, 3.8) is 0 Å². The van der Waals surface area contributed by atoms with Gasteiger partial charge in [0.2, 0.25) is 0 Å². The maximum atomic E-state index is 12.5. The van der Waals surface area contributed by atoms with Crippen LogP contribution in [0, 0.1) is 0 Å². The van der Waals surface area contributed by atoms with Gasteiger partial charge in [0.25, 0.3) is 5.91 Å². The van der Waals surface area contributed by atoms with Crippen LogP contribution in [0.25, 0.3) is 11.4 Å². The molecule has 0 fully saturated rings. The third-order valence-electron chi connectivity index (χ3n) is 3.53. The zero-order chi connectivity index (χ0) is 16.2. The highest BCUT2D eigenvalue weighted by atomic mass is 32.1. The van der Waals surface area contributed by atoms with Crippen LogP contribution >= 0.6 is 11.3 Å². The summed E-state index contributed by atoms with van der Waals surface area (Å²) in [6.07, 6.45) is 8.20. The average molecular weight is 325 g/mol. The maximum absolute atomic E-state index is 12.5. The van der Waals surface area contributed by atoms with Crippen LogP contribution in [-0.4, -0.2) is 37.8 Å². The van der Waals surface area contributed by atoms with E-state index < -0.39 is 0 Å². The van der Waals surface area contributed by atoms with Crippen LogP contribution in [0.5, 0.6) is 0 Å². The molecule has 6 nitrogen and oxygen atoms in total. The van der Waals surface area contributed by atoms with E-state index in [-0.39, 0.29) is 11.9 Å². The lowest BCUT2D eigenvalue weighted by molar-refractivity contribution is 0.0741. The summed E-state index contributed by atoms with van der Waals surface area (Å²) in [7, 11) is 1.75. The largest absolute Gasteiger partial charge is 0.332 e. The summed E-state index contributed by atoms with van der Waals surface area (Å²) in [6.45, 7) is 1.95. The number of amides is 1. The number of hydrogen-bond acceptors (Lipinski definition) is 6. The zero-order valence-electron chi connectivity index (χ0n) is 12.7. The number of rotatable bonds is 4. The lowest BCUT2D eigenvalue weighted by atomic mass is 10.2. The van der Waals surface area contributed by atoms with Crippen LogP contribution in [-0.2, 0) is 0 Å². The Morgan fingerprint density at radius 2 is 1.96 bits per heavy atom. The standard InChI is InChI=1S/C16H15N5OS/c1-11(15-18-6-7-23-15)21(2)16(22)13-9-19-14(20-10-13)12-4-3-5-17-8-12/h3-11H,1-2H3/t11-/m1/s1. The molecule has 3 aromatic rings. The molecule has 0 unspecified atom stereocenters. The van der Waals surface area contributed by atoms with Gasteiger partial charge in [0, 0.05) is 49.0 Å². The summed E-state index contributed by atoms with van der Waals surface area (Å²) in [6, 6.07) is 3.60. The monoisotopic (exact) mass is 325 g/mol. The van der Waals surface area contributed by atoms with Crippen molar-refractivity contribution in [3.05, 3.63) is 59.1 Å². The number of carbonyl (C=O) groups is 1. The second kappa shape index (κ2) is 6.62. The first-order valence-corrected chi connectivity index (χ1v) is 7.94. The maximum Gasteiger partial charge on any atom is 0.257 e. The van der Waals surface area contributed by atoms with Gasteiger partial charge in [0.05, 0.1) is 11.6 Å². The van der Waals surface area contributed by atoms with Crippen molar-refractivity contribution in [3.8, 4) is 11.4 Å². The number of aromatic nitrogens is 4. The van der Waals surface area contributed by atoms with Gasteiger partial charge in [-0.05, 0) is 19.1 Å². The molecular weight excluding hydrogens is 310 g/mol. The molecule has 0 aliphatic rings. The van der Waals surface area contributed by atoms with Gasteiger partial charge in [0.15, 0.2) is 5.82 Å². The average Bonchev–Trinajstić information content (AvgIpc) is 3.15. The van der Waals surface area contributed by atoms with Gasteiger partial charge < -0.3 is 4.90 Å². The fraction of sp³-hybridized carbons (Fsp3) is 0.188. The summed E-state index contributed by atoms with van der Waals surface area (Å²) >= 11 is 1.53. The van der Waals surface area contributed by atoms with Crippen molar-refractivity contribution in [2.75, 3.05) is 7.05 Å². The Balaban J connectivity index is 1.78. The second-order valence-electron chi connectivity index (χ2n) is 5.00. The van der Waals surface area contributed by atoms with Crippen LogP contribution in [0.3, 0.4) is 0 Å². The van der Waals surface area contributed by atoms with Crippen LogP contribution in [0.2, 0.25) is 0 Å². The smallest absolute Gasteiger partial charge is 0.257 e. The van der Waals surface area contributed by atoms with Crippen molar-refractivity contribution in [1.29, 1.82) is 0 Å². The number of hydrogen-bond donors (Lipinski definition) is 0. The summed E-state index contributed by atoms with van der Waals surface area (Å²) in [5, 5.41) is 2.80. The minimum Gasteiger partial charge on any atom is -0.332 e. The van der Waals surface area contributed by atoms with Crippen molar-refractivity contribution in [2.45, 2.75) is 13.0 Å². The van der Waals surface area contributed by atoms with Gasteiger partial charge in [-0.15, -0.1) is 11.3 Å². The molecule has 3 heterocycles. The van der Waals surface area contributed by atoms with E-state index >= 15 is 0 Å². The van der Waals surface area contributed by atoms with E-state index in [1.165, 1.54) is 11.3 Å². The molecule has 0 aromatic carbocycles. The molecule has 1 amide bonds. The SMILES string of the molecule is C[C@H](c1nccs1)N(C)C(=O)c1cnc(-c2cccnc2)nc1. The molecule has 0 saturated carbocycles. The fourth-order valence-electron chi connectivity index (χ4n) is 2.07. The van der Waals surface area contributed by atoms with Crippen LogP contribution < -0.4 is 0 Å². The molecule has 3 aromatic heterocycles. The predicted molar refractivity (Wildman–Crippen MR) is 87.9 cm³/mol. The Bertz CT molecular complexity index is 774. The van der Waals surface area contributed by atoms with Crippen molar-refractivity contribution >= 4 is 17.2 Å². The highest BCUT2D eigenvalue weighted by molar-refractivity contribution is 7.09. The number of carbonyl (C=O) groups excluding carboxylic acids is 1. The highest BCUT2D eigenvalue weighted by Gasteiger charge is 2.21. The molecule has 1 atom stereocenters. The first-order valence-electron chi connectivity index (χ1n) is 7.06. The van der Waals surface area contributed by atoms with Crippen molar-refractivity contribution in [2.24, 2.45) is 0 Å². The topological polar surface area (TPSA) is 71.9 Å². The Morgan fingerprint density at radius 3 is 2.57 bits per heavy atom. The molecule has 0 N–H and O–H groups in total. The highest BCUT2D eigenvalue weighted by Crippen LogP contribution is 2.22. The van der Waals surface area contributed by atoms with Gasteiger partial charge in [-0.1, -0.05) is 0 Å². The van der Waals surface area contributed by atoms with Gasteiger partial charge in [-0.3, -0.25) is 9.78 Å². The molecule has 116 valence electrons. The van der Waals surface area contributed by atoms with Crippen LogP contribution in [0.4, 0.5) is 0 Å². The zero-order valence-corrected chi connectivity index (χ0v) is 13.6. The lowest BCUT2D eigenvalue weighted by Crippen LogP contribution is -2.29. The lowest BCUT2D eigenvalue weighted by Gasteiger charge is -2.23. The second-order valence-corrected chi connectivity index (χ2v) is 5.93. The van der Waals surface area contributed by atoms with Crippen molar-refractivity contribution in [1.82, 2.24) is 24.8 Å². The summed E-state index contributed by atoms with van der Waals surface area (Å²) in [5.74, 6) is 0.413. The molecule has 0 aliphatic heterocycles. The van der Waals surface area contributed by atoms with Crippen LogP contribution in [0.15, 0.2) is 48.5 Å². The normalized spacial score (nSPS) is 11.9. The van der Waals surface area contributed by atoms with E-state index in [0.29, 0.717) is 11.4 Å². The molecule has 0 bridgehead atoms. The van der Waals surface area contributed by atoms with E-state index in [1.54, 1.807) is 42.9 Å². The first-order chi connectivity index (χ1) is 11.2. The third-order valence-corrected chi connectivity index (χ3v) is 4.47. The molecule has 0 spiro atoms. The van der Waals surface area contributed by atoms with Gasteiger partial charge in [-0.25, -0.2) is 15.0 Å². The van der Waals surface area contributed by atoms with E-state index in [1.807, 2.05) is 24.4 Å². The van der Waals surface area contributed by atoms with Gasteiger partial charge in [0.1, 0.15) is 5.01 Å². The van der Waals surface area contributed by atoms with E-state index in [9.17, 15) is 4.79 Å². The quantitative estimate of drug-likeness (QED) is 0.737. The Labute approximate surface area is 137 Å². The molecule has 7 heteroatoms. The Morgan fingerprint density at radius 1 is 1.17 bits per heavy atom. The Kier molecular flexibility index (Phi) is 4.38. The number of nitrogens with zero attached hydrogens (tertiary/aromatic N) is 5. The fourth-order valence-corrected chi connectivity index (χ4v) is 2.81. The molecule has 0 aliphatic carbocycles. The summed E-state index contributed by atoms with van der Waals surface area (Å²) < 4.78 is 0. The number of pyridine rings is 1. The summed E-state index contributed by atoms with van der Waals surface area (Å²) in [5.41, 5.74) is 1.26. The summed E-state index contributed by atoms with van der Waals surface area (Å²) in [4.78, 5) is 31.0. The van der Waals surface area contributed by atoms with E-state index in [0.717, 1.165) is 10.6 Å².